The van der Waals surface area contributed by atoms with E-state index in [-0.39, 0.29) is 9.79 Å². The second kappa shape index (κ2) is 8.14. The molecule has 3 aromatic carbocycles. The van der Waals surface area contributed by atoms with E-state index < -0.39 is 19.9 Å². The zero-order valence-corrected chi connectivity index (χ0v) is 17.3. The maximum Gasteiger partial charge on any atom is 0.261 e. The van der Waals surface area contributed by atoms with Gasteiger partial charge >= 0.3 is 0 Å². The smallest absolute Gasteiger partial charge is 0.261 e. The minimum atomic E-state index is -3.95. The Kier molecular flexibility index (Phi) is 5.81. The van der Waals surface area contributed by atoms with Gasteiger partial charge in [0.05, 0.1) is 16.9 Å². The Bertz CT molecular complexity index is 1220. The number of nitrogens with one attached hydrogen (secondary N) is 1. The number of anilines is 1. The molecule has 0 saturated heterocycles. The van der Waals surface area contributed by atoms with Gasteiger partial charge in [0.15, 0.2) is 21.3 Å². The molecule has 3 aromatic rings. The van der Waals surface area contributed by atoms with Gasteiger partial charge < -0.3 is 9.47 Å². The number of sulfonamides is 1. The first kappa shape index (κ1) is 20.7. The molecule has 152 valence electrons. The number of rotatable bonds is 7. The van der Waals surface area contributed by atoms with Crippen molar-refractivity contribution in [1.82, 2.24) is 0 Å². The predicted molar refractivity (Wildman–Crippen MR) is 110 cm³/mol. The van der Waals surface area contributed by atoms with E-state index in [4.69, 9.17) is 9.47 Å². The lowest BCUT2D eigenvalue weighted by Crippen LogP contribution is -2.13. The molecule has 0 unspecified atom stereocenters. The maximum absolute atomic E-state index is 12.6. The molecule has 7 nitrogen and oxygen atoms in total. The van der Waals surface area contributed by atoms with Crippen LogP contribution in [0.3, 0.4) is 0 Å². The average Bonchev–Trinajstić information content (AvgIpc) is 2.69. The molecule has 0 aliphatic carbocycles. The molecule has 0 atom stereocenters. The van der Waals surface area contributed by atoms with Crippen LogP contribution in [0.1, 0.15) is 0 Å². The van der Waals surface area contributed by atoms with Crippen LogP contribution in [0.4, 0.5) is 5.69 Å². The SMILES string of the molecule is COc1ccccc1Oc1ccc(NS(=O)(=O)c2cccc(S(C)(=O)=O)c2)cc1. The number of methoxy groups -OCH3 is 1. The predicted octanol–water partition coefficient (Wildman–Crippen LogP) is 3.69. The Labute approximate surface area is 169 Å². The largest absolute Gasteiger partial charge is 0.493 e. The van der Waals surface area contributed by atoms with Crippen molar-refractivity contribution < 1.29 is 26.3 Å². The first-order chi connectivity index (χ1) is 13.7. The van der Waals surface area contributed by atoms with Gasteiger partial charge in [0.25, 0.3) is 10.0 Å². The van der Waals surface area contributed by atoms with Crippen molar-refractivity contribution in [2.24, 2.45) is 0 Å². The molecular weight excluding hydrogens is 414 g/mol. The first-order valence-corrected chi connectivity index (χ1v) is 11.8. The van der Waals surface area contributed by atoms with Gasteiger partial charge in [0.1, 0.15) is 5.75 Å². The van der Waals surface area contributed by atoms with Crippen molar-refractivity contribution in [3.63, 3.8) is 0 Å². The highest BCUT2D eigenvalue weighted by molar-refractivity contribution is 7.93. The van der Waals surface area contributed by atoms with E-state index in [1.165, 1.54) is 18.2 Å². The maximum atomic E-state index is 12.6. The highest BCUT2D eigenvalue weighted by Crippen LogP contribution is 2.31. The van der Waals surface area contributed by atoms with E-state index in [0.717, 1.165) is 12.3 Å². The standard InChI is InChI=1S/C20H19NO6S2/c1-26-19-8-3-4-9-20(19)27-16-12-10-15(11-13-16)21-29(24,25)18-7-5-6-17(14-18)28(2,22)23/h3-14,21H,1-2H3. The number of hydrogen-bond acceptors (Lipinski definition) is 6. The van der Waals surface area contributed by atoms with Crippen molar-refractivity contribution in [2.45, 2.75) is 9.79 Å². The third-order valence-electron chi connectivity index (χ3n) is 3.95. The quantitative estimate of drug-likeness (QED) is 0.610. The number of hydrogen-bond donors (Lipinski definition) is 1. The van der Waals surface area contributed by atoms with E-state index in [2.05, 4.69) is 4.72 Å². The first-order valence-electron chi connectivity index (χ1n) is 8.43. The average molecular weight is 434 g/mol. The van der Waals surface area contributed by atoms with Crippen LogP contribution in [0.5, 0.6) is 17.2 Å². The zero-order chi connectivity index (χ0) is 21.1. The lowest BCUT2D eigenvalue weighted by atomic mass is 10.3. The summed E-state index contributed by atoms with van der Waals surface area (Å²) in [5.41, 5.74) is 0.308. The van der Waals surface area contributed by atoms with Crippen LogP contribution in [-0.2, 0) is 19.9 Å². The number of benzene rings is 3. The Hall–Kier alpha value is -3.04. The molecule has 1 N–H and O–H groups in total. The second-order valence-electron chi connectivity index (χ2n) is 6.13. The van der Waals surface area contributed by atoms with Crippen molar-refractivity contribution in [3.8, 4) is 17.2 Å². The summed E-state index contributed by atoms with van der Waals surface area (Å²) < 4.78 is 61.9. The molecular formula is C20H19NO6S2. The van der Waals surface area contributed by atoms with Crippen molar-refractivity contribution in [2.75, 3.05) is 18.1 Å². The molecule has 3 rings (SSSR count). The monoisotopic (exact) mass is 433 g/mol. The fourth-order valence-corrected chi connectivity index (χ4v) is 4.35. The molecule has 29 heavy (non-hydrogen) atoms. The Balaban J connectivity index is 1.79. The van der Waals surface area contributed by atoms with Crippen molar-refractivity contribution >= 4 is 25.5 Å². The van der Waals surface area contributed by atoms with Gasteiger partial charge in [-0.1, -0.05) is 18.2 Å². The van der Waals surface area contributed by atoms with Crippen LogP contribution < -0.4 is 14.2 Å². The zero-order valence-electron chi connectivity index (χ0n) is 15.7. The highest BCUT2D eigenvalue weighted by atomic mass is 32.2. The van der Waals surface area contributed by atoms with Gasteiger partial charge in [-0.15, -0.1) is 0 Å². The minimum absolute atomic E-state index is 0.0686. The third-order valence-corrected chi connectivity index (χ3v) is 6.44. The van der Waals surface area contributed by atoms with Gasteiger partial charge in [-0.25, -0.2) is 16.8 Å². The fourth-order valence-electron chi connectivity index (χ4n) is 2.51. The second-order valence-corrected chi connectivity index (χ2v) is 9.83. The molecule has 0 aliphatic rings. The van der Waals surface area contributed by atoms with Crippen LogP contribution in [0.25, 0.3) is 0 Å². The van der Waals surface area contributed by atoms with Gasteiger partial charge in [0.2, 0.25) is 0 Å². The van der Waals surface area contributed by atoms with Crippen LogP contribution >= 0.6 is 0 Å². The molecule has 0 heterocycles. The Morgan fingerprint density at radius 1 is 0.759 bits per heavy atom. The van der Waals surface area contributed by atoms with E-state index in [0.29, 0.717) is 22.9 Å². The van der Waals surface area contributed by atoms with Crippen molar-refractivity contribution in [1.29, 1.82) is 0 Å². The summed E-state index contributed by atoms with van der Waals surface area (Å²) in [6, 6.07) is 18.6. The van der Waals surface area contributed by atoms with Gasteiger partial charge in [-0.05, 0) is 54.6 Å². The van der Waals surface area contributed by atoms with E-state index in [1.807, 2.05) is 12.1 Å². The minimum Gasteiger partial charge on any atom is -0.493 e. The fraction of sp³-hybridized carbons (Fsp3) is 0.100. The topological polar surface area (TPSA) is 98.8 Å². The Morgan fingerprint density at radius 3 is 2.00 bits per heavy atom. The van der Waals surface area contributed by atoms with E-state index >= 15 is 0 Å². The lowest BCUT2D eigenvalue weighted by molar-refractivity contribution is 0.379. The van der Waals surface area contributed by atoms with E-state index in [1.54, 1.807) is 43.5 Å². The number of para-hydroxylation sites is 2. The van der Waals surface area contributed by atoms with Gasteiger partial charge in [-0.3, -0.25) is 4.72 Å². The summed E-state index contributed by atoms with van der Waals surface area (Å²) in [7, 11) is -5.93. The molecule has 0 bridgehead atoms. The van der Waals surface area contributed by atoms with Crippen LogP contribution in [0, 0.1) is 0 Å². The molecule has 0 spiro atoms. The number of sulfone groups is 1. The van der Waals surface area contributed by atoms with Gasteiger partial charge in [0, 0.05) is 11.9 Å². The highest BCUT2D eigenvalue weighted by Gasteiger charge is 2.17. The molecule has 0 aromatic heterocycles. The van der Waals surface area contributed by atoms with Crippen LogP contribution in [-0.4, -0.2) is 30.2 Å². The summed E-state index contributed by atoms with van der Waals surface area (Å²) >= 11 is 0. The molecule has 0 amide bonds. The summed E-state index contributed by atoms with van der Waals surface area (Å²) in [5.74, 6) is 1.60. The van der Waals surface area contributed by atoms with Gasteiger partial charge in [-0.2, -0.15) is 0 Å². The summed E-state index contributed by atoms with van der Waals surface area (Å²) in [6.07, 6.45) is 1.02. The molecule has 0 radical (unpaired) electrons. The molecule has 0 fully saturated rings. The summed E-state index contributed by atoms with van der Waals surface area (Å²) in [4.78, 5) is -0.212. The third kappa shape index (κ3) is 5.07. The molecule has 9 heteroatoms. The van der Waals surface area contributed by atoms with E-state index in [9.17, 15) is 16.8 Å². The van der Waals surface area contributed by atoms with Crippen molar-refractivity contribution in [3.05, 3.63) is 72.8 Å². The molecule has 0 aliphatic heterocycles. The lowest BCUT2D eigenvalue weighted by Gasteiger charge is -2.12. The molecule has 0 saturated carbocycles. The van der Waals surface area contributed by atoms with Crippen LogP contribution in [0.15, 0.2) is 82.6 Å². The Morgan fingerprint density at radius 2 is 1.38 bits per heavy atom. The van der Waals surface area contributed by atoms with Crippen LogP contribution in [0.2, 0.25) is 0 Å². The number of ether oxygens (including phenoxy) is 2. The summed E-state index contributed by atoms with van der Waals surface area (Å²) in [6.45, 7) is 0. The summed E-state index contributed by atoms with van der Waals surface area (Å²) in [5, 5.41) is 0. The normalized spacial score (nSPS) is 11.7.